The molecule has 2 aromatic rings. The molecule has 1 aliphatic carbocycles. The molecule has 7 heteroatoms. The topological polar surface area (TPSA) is 95.7 Å². The summed E-state index contributed by atoms with van der Waals surface area (Å²) in [4.78, 5) is 26.7. The van der Waals surface area contributed by atoms with E-state index in [1.165, 1.54) is 13.0 Å². The molecule has 2 aromatic carbocycles. The summed E-state index contributed by atoms with van der Waals surface area (Å²) in [6, 6.07) is 12.9. The van der Waals surface area contributed by atoms with Gasteiger partial charge in [0.05, 0.1) is 6.10 Å². The quantitative estimate of drug-likeness (QED) is 0.466. The zero-order chi connectivity index (χ0) is 26.5. The summed E-state index contributed by atoms with van der Waals surface area (Å²) < 4.78 is 15.4. The Morgan fingerprint density at radius 2 is 2.00 bits per heavy atom. The minimum absolute atomic E-state index is 0.0343. The fourth-order valence-corrected chi connectivity index (χ4v) is 6.23. The van der Waals surface area contributed by atoms with Crippen molar-refractivity contribution in [3.05, 3.63) is 59.4 Å². The molecular weight excluding hydrogens is 469 g/mol. The molecule has 200 valence electrons. The molecule has 5 atom stereocenters. The summed E-state index contributed by atoms with van der Waals surface area (Å²) >= 11 is 0. The molecule has 2 aliphatic rings. The number of carbonyl (C=O) groups excluding carboxylic acids is 2. The van der Waals surface area contributed by atoms with E-state index in [0.29, 0.717) is 38.0 Å². The highest BCUT2D eigenvalue weighted by Gasteiger charge is 2.39. The van der Waals surface area contributed by atoms with E-state index in [9.17, 15) is 14.7 Å². The van der Waals surface area contributed by atoms with Gasteiger partial charge in [0.1, 0.15) is 5.82 Å². The van der Waals surface area contributed by atoms with Gasteiger partial charge in [0, 0.05) is 44.1 Å². The van der Waals surface area contributed by atoms with Gasteiger partial charge in [0.25, 0.3) is 0 Å². The van der Waals surface area contributed by atoms with Crippen molar-refractivity contribution in [2.24, 2.45) is 17.6 Å². The number of amides is 2. The number of aliphatic hydroxyl groups is 1. The Balaban J connectivity index is 1.62. The fraction of sp³-hybridized carbons (Fsp3) is 0.533. The lowest BCUT2D eigenvalue weighted by atomic mass is 9.75. The highest BCUT2D eigenvalue weighted by atomic mass is 19.1. The molecule has 4 N–H and O–H groups in total. The van der Waals surface area contributed by atoms with Gasteiger partial charge < -0.3 is 21.1 Å². The maximum absolute atomic E-state index is 15.4. The second-order valence-corrected chi connectivity index (χ2v) is 10.9. The van der Waals surface area contributed by atoms with Crippen LogP contribution in [-0.2, 0) is 9.59 Å². The van der Waals surface area contributed by atoms with Crippen molar-refractivity contribution in [2.75, 3.05) is 19.6 Å². The first kappa shape index (κ1) is 27.3. The highest BCUT2D eigenvalue weighted by molar-refractivity contribution is 5.79. The fourth-order valence-electron chi connectivity index (χ4n) is 6.23. The summed E-state index contributed by atoms with van der Waals surface area (Å²) in [5.41, 5.74) is 9.51. The first-order valence-electron chi connectivity index (χ1n) is 13.6. The Hall–Kier alpha value is -2.77. The predicted molar refractivity (Wildman–Crippen MR) is 143 cm³/mol. The number of aliphatic hydroxyl groups excluding tert-OH is 1. The lowest BCUT2D eigenvalue weighted by Gasteiger charge is -2.39. The standard InChI is InChI=1S/C30H40FN3O3/c1-19-7-3-8-21(15-19)29-25(10-4-12-26(29)31)24(11-5-13-33-20(2)35)22-9-6-14-34(18-22)30(37)23-16-27(32)28(36)17-23/h3-4,7-8,10,12,15,22-24,27-28,36H,5-6,9,11,13-14,16-18,32H2,1-2H3,(H,33,35)/t22-,23+,24-,27-,28+/m1/s1. The van der Waals surface area contributed by atoms with E-state index in [-0.39, 0.29) is 41.4 Å². The summed E-state index contributed by atoms with van der Waals surface area (Å²) in [5, 5.41) is 13.0. The Morgan fingerprint density at radius 3 is 2.70 bits per heavy atom. The highest BCUT2D eigenvalue weighted by Crippen LogP contribution is 2.41. The molecule has 0 aromatic heterocycles. The Kier molecular flexibility index (Phi) is 8.98. The van der Waals surface area contributed by atoms with Crippen LogP contribution in [0.15, 0.2) is 42.5 Å². The number of hydrogen-bond donors (Lipinski definition) is 3. The van der Waals surface area contributed by atoms with Crippen LogP contribution in [0.25, 0.3) is 11.1 Å². The molecule has 1 aliphatic heterocycles. The maximum atomic E-state index is 15.4. The van der Waals surface area contributed by atoms with Gasteiger partial charge in [-0.3, -0.25) is 9.59 Å². The van der Waals surface area contributed by atoms with E-state index in [1.807, 2.05) is 42.2 Å². The third kappa shape index (κ3) is 6.57. The Morgan fingerprint density at radius 1 is 1.22 bits per heavy atom. The van der Waals surface area contributed by atoms with Crippen molar-refractivity contribution in [1.29, 1.82) is 0 Å². The molecular formula is C30H40FN3O3. The minimum atomic E-state index is -0.625. The summed E-state index contributed by atoms with van der Waals surface area (Å²) in [6.07, 6.45) is 3.69. The number of piperidine rings is 1. The molecule has 1 saturated heterocycles. The number of aryl methyl sites for hydroxylation is 1. The smallest absolute Gasteiger partial charge is 0.225 e. The molecule has 2 fully saturated rings. The largest absolute Gasteiger partial charge is 0.391 e. The number of nitrogens with one attached hydrogen (secondary N) is 1. The summed E-state index contributed by atoms with van der Waals surface area (Å²) in [7, 11) is 0. The number of carbonyl (C=O) groups is 2. The monoisotopic (exact) mass is 509 g/mol. The SMILES string of the molecule is CC(=O)NCCC[C@@H](c1cccc(F)c1-c1cccc(C)c1)[C@@H]1CCCN(C(=O)[C@H]2C[C@@H](N)[C@@H](O)C2)C1. The van der Waals surface area contributed by atoms with Gasteiger partial charge in [-0.25, -0.2) is 4.39 Å². The molecule has 1 heterocycles. The van der Waals surface area contributed by atoms with Gasteiger partial charge in [-0.2, -0.15) is 0 Å². The van der Waals surface area contributed by atoms with Crippen LogP contribution in [0.2, 0.25) is 0 Å². The predicted octanol–water partition coefficient (Wildman–Crippen LogP) is 4.14. The Labute approximate surface area is 219 Å². The van der Waals surface area contributed by atoms with Crippen LogP contribution >= 0.6 is 0 Å². The van der Waals surface area contributed by atoms with Crippen LogP contribution in [0.5, 0.6) is 0 Å². The number of benzene rings is 2. The number of hydrogen-bond acceptors (Lipinski definition) is 4. The van der Waals surface area contributed by atoms with Gasteiger partial charge in [0.2, 0.25) is 11.8 Å². The molecule has 0 spiro atoms. The second-order valence-electron chi connectivity index (χ2n) is 10.9. The van der Waals surface area contributed by atoms with Gasteiger partial charge >= 0.3 is 0 Å². The minimum Gasteiger partial charge on any atom is -0.391 e. The van der Waals surface area contributed by atoms with E-state index < -0.39 is 6.10 Å². The van der Waals surface area contributed by atoms with E-state index in [2.05, 4.69) is 5.32 Å². The van der Waals surface area contributed by atoms with Crippen molar-refractivity contribution in [2.45, 2.75) is 70.4 Å². The molecule has 0 radical (unpaired) electrons. The third-order valence-corrected chi connectivity index (χ3v) is 8.08. The molecule has 0 unspecified atom stereocenters. The van der Waals surface area contributed by atoms with Gasteiger partial charge in [0.15, 0.2) is 0 Å². The van der Waals surface area contributed by atoms with Crippen LogP contribution in [-0.4, -0.2) is 53.6 Å². The van der Waals surface area contributed by atoms with Crippen LogP contribution in [0.3, 0.4) is 0 Å². The number of likely N-dealkylation sites (tertiary alicyclic amines) is 1. The van der Waals surface area contributed by atoms with Gasteiger partial charge in [-0.05, 0) is 74.5 Å². The van der Waals surface area contributed by atoms with Crippen molar-refractivity contribution >= 4 is 11.8 Å². The average molecular weight is 510 g/mol. The summed E-state index contributed by atoms with van der Waals surface area (Å²) in [6.45, 7) is 5.38. The van der Waals surface area contributed by atoms with Crippen LogP contribution in [0.1, 0.15) is 62.5 Å². The maximum Gasteiger partial charge on any atom is 0.225 e. The van der Waals surface area contributed by atoms with Crippen molar-refractivity contribution in [1.82, 2.24) is 10.2 Å². The van der Waals surface area contributed by atoms with E-state index >= 15 is 4.39 Å². The number of nitrogens with zero attached hydrogens (tertiary/aromatic N) is 1. The molecule has 2 amide bonds. The number of halogens is 1. The zero-order valence-electron chi connectivity index (χ0n) is 22.0. The van der Waals surface area contributed by atoms with Crippen molar-refractivity contribution in [3.8, 4) is 11.1 Å². The van der Waals surface area contributed by atoms with Crippen LogP contribution < -0.4 is 11.1 Å². The van der Waals surface area contributed by atoms with Crippen molar-refractivity contribution in [3.63, 3.8) is 0 Å². The average Bonchev–Trinajstić information content (AvgIpc) is 3.21. The lowest BCUT2D eigenvalue weighted by Crippen LogP contribution is -2.44. The lowest BCUT2D eigenvalue weighted by molar-refractivity contribution is -0.137. The molecule has 0 bridgehead atoms. The van der Waals surface area contributed by atoms with Crippen molar-refractivity contribution < 1.29 is 19.1 Å². The van der Waals surface area contributed by atoms with Crippen LogP contribution in [0, 0.1) is 24.6 Å². The summed E-state index contributed by atoms with van der Waals surface area (Å²) in [5.74, 6) is -0.264. The second kappa shape index (κ2) is 12.2. The van der Waals surface area contributed by atoms with E-state index in [0.717, 1.165) is 42.4 Å². The number of rotatable bonds is 8. The van der Waals surface area contributed by atoms with E-state index in [1.54, 1.807) is 6.07 Å². The number of nitrogens with two attached hydrogens (primary N) is 1. The third-order valence-electron chi connectivity index (χ3n) is 8.08. The molecule has 1 saturated carbocycles. The molecule has 6 nitrogen and oxygen atoms in total. The normalized spacial score (nSPS) is 24.6. The zero-order valence-corrected chi connectivity index (χ0v) is 22.0. The molecule has 4 rings (SSSR count). The van der Waals surface area contributed by atoms with E-state index in [4.69, 9.17) is 5.73 Å². The first-order chi connectivity index (χ1) is 17.7. The molecule has 37 heavy (non-hydrogen) atoms. The first-order valence-corrected chi connectivity index (χ1v) is 13.6. The van der Waals surface area contributed by atoms with Crippen LogP contribution in [0.4, 0.5) is 4.39 Å². The Bertz CT molecular complexity index is 1100. The van der Waals surface area contributed by atoms with Gasteiger partial charge in [-0.1, -0.05) is 42.0 Å². The van der Waals surface area contributed by atoms with Gasteiger partial charge in [-0.15, -0.1) is 0 Å².